The second-order valence-electron chi connectivity index (χ2n) is 5.78. The lowest BCUT2D eigenvalue weighted by molar-refractivity contribution is 0.143. The van der Waals surface area contributed by atoms with Gasteiger partial charge < -0.3 is 9.47 Å². The first-order valence-corrected chi connectivity index (χ1v) is 8.06. The van der Waals surface area contributed by atoms with Crippen molar-refractivity contribution in [2.24, 2.45) is 0 Å². The van der Waals surface area contributed by atoms with Crippen molar-refractivity contribution in [1.82, 2.24) is 4.57 Å². The summed E-state index contributed by atoms with van der Waals surface area (Å²) in [5.74, 6) is 0.757. The maximum Gasteiger partial charge on any atom is 0.419 e. The van der Waals surface area contributed by atoms with E-state index < -0.39 is 0 Å². The number of methoxy groups -OCH3 is 1. The van der Waals surface area contributed by atoms with Gasteiger partial charge in [0.2, 0.25) is 0 Å². The molecule has 0 bridgehead atoms. The summed E-state index contributed by atoms with van der Waals surface area (Å²) in [5, 5.41) is 1.96. The first-order chi connectivity index (χ1) is 12.3. The van der Waals surface area contributed by atoms with Crippen LogP contribution in [0.2, 0.25) is 0 Å². The molecule has 4 heteroatoms. The Balaban J connectivity index is 1.78. The summed E-state index contributed by atoms with van der Waals surface area (Å²) in [7, 11) is 1.63. The van der Waals surface area contributed by atoms with E-state index in [1.54, 1.807) is 11.7 Å². The normalized spacial score (nSPS) is 10.9. The Kier molecular flexibility index (Phi) is 3.86. The van der Waals surface area contributed by atoms with Crippen molar-refractivity contribution >= 4 is 27.9 Å². The number of hydrogen-bond acceptors (Lipinski definition) is 3. The fraction of sp³-hybridized carbons (Fsp3) is 0.0952. The van der Waals surface area contributed by atoms with Crippen molar-refractivity contribution in [1.29, 1.82) is 0 Å². The van der Waals surface area contributed by atoms with E-state index in [0.717, 1.165) is 33.1 Å². The fourth-order valence-electron chi connectivity index (χ4n) is 3.06. The zero-order valence-corrected chi connectivity index (χ0v) is 13.8. The van der Waals surface area contributed by atoms with Crippen molar-refractivity contribution in [3.63, 3.8) is 0 Å². The molecule has 1 heterocycles. The predicted octanol–water partition coefficient (Wildman–Crippen LogP) is 4.99. The van der Waals surface area contributed by atoms with E-state index in [1.165, 1.54) is 0 Å². The van der Waals surface area contributed by atoms with Gasteiger partial charge in [0, 0.05) is 10.8 Å². The van der Waals surface area contributed by atoms with Crippen LogP contribution in [0.4, 0.5) is 4.79 Å². The maximum atomic E-state index is 12.8. The molecule has 1 aromatic heterocycles. The third-order valence-corrected chi connectivity index (χ3v) is 4.27. The summed E-state index contributed by atoms with van der Waals surface area (Å²) < 4.78 is 12.5. The Labute approximate surface area is 145 Å². The molecular weight excluding hydrogens is 314 g/mol. The van der Waals surface area contributed by atoms with Crippen LogP contribution in [0.25, 0.3) is 21.8 Å². The molecule has 0 saturated carbocycles. The van der Waals surface area contributed by atoms with Gasteiger partial charge in [0.1, 0.15) is 12.4 Å². The van der Waals surface area contributed by atoms with Gasteiger partial charge >= 0.3 is 6.09 Å². The average molecular weight is 331 g/mol. The average Bonchev–Trinajstić information content (AvgIpc) is 3.00. The number of carbonyl (C=O) groups excluding carboxylic acids is 1. The number of benzene rings is 3. The Hall–Kier alpha value is -3.27. The lowest BCUT2D eigenvalue weighted by Gasteiger charge is -2.08. The largest absolute Gasteiger partial charge is 0.497 e. The summed E-state index contributed by atoms with van der Waals surface area (Å²) in [6.45, 7) is 0.240. The van der Waals surface area contributed by atoms with Crippen LogP contribution in [0.5, 0.6) is 5.75 Å². The molecule has 3 aromatic carbocycles. The number of hydrogen-bond donors (Lipinski definition) is 0. The van der Waals surface area contributed by atoms with Crippen molar-refractivity contribution < 1.29 is 14.3 Å². The van der Waals surface area contributed by atoms with E-state index in [1.807, 2.05) is 72.8 Å². The monoisotopic (exact) mass is 331 g/mol. The molecule has 4 aromatic rings. The first-order valence-electron chi connectivity index (χ1n) is 8.06. The molecule has 0 saturated heterocycles. The Morgan fingerprint density at radius 3 is 2.40 bits per heavy atom. The summed E-state index contributed by atoms with van der Waals surface area (Å²) in [5.41, 5.74) is 2.59. The zero-order valence-electron chi connectivity index (χ0n) is 13.8. The summed E-state index contributed by atoms with van der Waals surface area (Å²) in [6, 6.07) is 23.1. The zero-order chi connectivity index (χ0) is 17.2. The molecule has 0 radical (unpaired) electrons. The van der Waals surface area contributed by atoms with E-state index in [4.69, 9.17) is 9.47 Å². The van der Waals surface area contributed by atoms with Crippen LogP contribution in [0, 0.1) is 0 Å². The summed E-state index contributed by atoms with van der Waals surface area (Å²) in [4.78, 5) is 12.8. The molecule has 0 atom stereocenters. The number of para-hydroxylation sites is 1. The maximum absolute atomic E-state index is 12.8. The molecule has 0 spiro atoms. The van der Waals surface area contributed by atoms with Crippen molar-refractivity contribution in [3.8, 4) is 5.75 Å². The van der Waals surface area contributed by atoms with E-state index in [9.17, 15) is 4.79 Å². The Morgan fingerprint density at radius 1 is 0.880 bits per heavy atom. The van der Waals surface area contributed by atoms with Gasteiger partial charge in [-0.25, -0.2) is 9.36 Å². The van der Waals surface area contributed by atoms with Gasteiger partial charge in [0.05, 0.1) is 18.1 Å². The quantitative estimate of drug-likeness (QED) is 0.531. The molecule has 25 heavy (non-hydrogen) atoms. The molecule has 4 rings (SSSR count). The van der Waals surface area contributed by atoms with Gasteiger partial charge in [-0.3, -0.25) is 0 Å². The molecule has 0 unspecified atom stereocenters. The molecule has 0 aliphatic rings. The van der Waals surface area contributed by atoms with Crippen molar-refractivity contribution in [3.05, 3.63) is 78.4 Å². The van der Waals surface area contributed by atoms with Crippen molar-refractivity contribution in [2.75, 3.05) is 7.11 Å². The highest BCUT2D eigenvalue weighted by Crippen LogP contribution is 2.31. The van der Waals surface area contributed by atoms with Gasteiger partial charge in [0.15, 0.2) is 0 Å². The minimum atomic E-state index is -0.389. The van der Waals surface area contributed by atoms with E-state index in [0.29, 0.717) is 0 Å². The van der Waals surface area contributed by atoms with E-state index in [-0.39, 0.29) is 12.7 Å². The van der Waals surface area contributed by atoms with Crippen LogP contribution in [0.1, 0.15) is 5.56 Å². The number of carbonyl (C=O) groups is 1. The highest BCUT2D eigenvalue weighted by atomic mass is 16.5. The molecule has 0 amide bonds. The first kappa shape index (κ1) is 15.3. The van der Waals surface area contributed by atoms with Crippen LogP contribution >= 0.6 is 0 Å². The van der Waals surface area contributed by atoms with Crippen LogP contribution in [0.3, 0.4) is 0 Å². The van der Waals surface area contributed by atoms with E-state index >= 15 is 0 Å². The molecule has 4 nitrogen and oxygen atoms in total. The number of nitrogens with zero attached hydrogens (tertiary/aromatic N) is 1. The van der Waals surface area contributed by atoms with Gasteiger partial charge in [-0.1, -0.05) is 48.5 Å². The smallest absolute Gasteiger partial charge is 0.419 e. The van der Waals surface area contributed by atoms with Crippen LogP contribution in [0.15, 0.2) is 72.8 Å². The van der Waals surface area contributed by atoms with Crippen LogP contribution in [-0.4, -0.2) is 17.8 Å². The molecule has 0 aliphatic carbocycles. The SMILES string of the molecule is COc1ccc2c(c1)c1ccccc1n2C(=O)OCc1ccccc1. The van der Waals surface area contributed by atoms with Crippen LogP contribution in [-0.2, 0) is 11.3 Å². The minimum Gasteiger partial charge on any atom is -0.497 e. The van der Waals surface area contributed by atoms with Crippen molar-refractivity contribution in [2.45, 2.75) is 6.61 Å². The lowest BCUT2D eigenvalue weighted by Crippen LogP contribution is -2.13. The Morgan fingerprint density at radius 2 is 1.60 bits per heavy atom. The second kappa shape index (κ2) is 6.32. The number of ether oxygens (including phenoxy) is 2. The highest BCUT2D eigenvalue weighted by molar-refractivity contribution is 6.12. The molecule has 0 fully saturated rings. The third kappa shape index (κ3) is 2.72. The molecule has 0 N–H and O–H groups in total. The Bertz CT molecular complexity index is 1050. The predicted molar refractivity (Wildman–Crippen MR) is 98.0 cm³/mol. The minimum absolute atomic E-state index is 0.240. The standard InChI is InChI=1S/C21H17NO3/c1-24-16-11-12-20-18(13-16)17-9-5-6-10-19(17)22(20)21(23)25-14-15-7-3-2-4-8-15/h2-13H,14H2,1H3. The molecule has 0 aliphatic heterocycles. The summed E-state index contributed by atoms with van der Waals surface area (Å²) >= 11 is 0. The van der Waals surface area contributed by atoms with Gasteiger partial charge in [-0.05, 0) is 29.8 Å². The van der Waals surface area contributed by atoms with Crippen LogP contribution < -0.4 is 4.74 Å². The number of rotatable bonds is 3. The topological polar surface area (TPSA) is 40.5 Å². The van der Waals surface area contributed by atoms with Gasteiger partial charge in [-0.2, -0.15) is 0 Å². The van der Waals surface area contributed by atoms with Gasteiger partial charge in [0.25, 0.3) is 0 Å². The molecular formula is C21H17NO3. The number of aromatic nitrogens is 1. The number of fused-ring (bicyclic) bond motifs is 3. The fourth-order valence-corrected chi connectivity index (χ4v) is 3.06. The highest BCUT2D eigenvalue weighted by Gasteiger charge is 2.17. The van der Waals surface area contributed by atoms with Gasteiger partial charge in [-0.15, -0.1) is 0 Å². The second-order valence-corrected chi connectivity index (χ2v) is 5.78. The van der Waals surface area contributed by atoms with E-state index in [2.05, 4.69) is 0 Å². The molecule has 124 valence electrons. The lowest BCUT2D eigenvalue weighted by atomic mass is 10.1. The third-order valence-electron chi connectivity index (χ3n) is 4.27. The summed E-state index contributed by atoms with van der Waals surface area (Å²) in [6.07, 6.45) is -0.389.